The van der Waals surface area contributed by atoms with Gasteiger partial charge in [-0.2, -0.15) is 0 Å². The van der Waals surface area contributed by atoms with E-state index in [0.717, 1.165) is 24.1 Å². The van der Waals surface area contributed by atoms with Gasteiger partial charge in [-0.05, 0) is 36.6 Å². The molecule has 2 heteroatoms. The van der Waals surface area contributed by atoms with E-state index in [2.05, 4.69) is 40.3 Å². The van der Waals surface area contributed by atoms with Gasteiger partial charge in [-0.15, -0.1) is 0 Å². The normalized spacial score (nSPS) is 10.7. The van der Waals surface area contributed by atoms with Crippen LogP contribution in [0.25, 0.3) is 10.9 Å². The summed E-state index contributed by atoms with van der Waals surface area (Å²) < 4.78 is 0. The van der Waals surface area contributed by atoms with Crippen molar-refractivity contribution in [1.29, 1.82) is 0 Å². The van der Waals surface area contributed by atoms with Crippen LogP contribution in [0.4, 0.5) is 0 Å². The van der Waals surface area contributed by atoms with Crippen molar-refractivity contribution in [1.82, 2.24) is 9.97 Å². The Labute approximate surface area is 106 Å². The SMILES string of the molecule is c1cncc(CCc2ccc3ccccc3n2)c1. The average molecular weight is 234 g/mol. The molecular weight excluding hydrogens is 220 g/mol. The lowest BCUT2D eigenvalue weighted by Gasteiger charge is -2.03. The number of aryl methyl sites for hydroxylation is 2. The van der Waals surface area contributed by atoms with Gasteiger partial charge in [-0.1, -0.05) is 30.3 Å². The van der Waals surface area contributed by atoms with Gasteiger partial charge in [0.1, 0.15) is 0 Å². The Balaban J connectivity index is 1.79. The van der Waals surface area contributed by atoms with Crippen LogP contribution in [0.3, 0.4) is 0 Å². The van der Waals surface area contributed by atoms with Crippen LogP contribution in [-0.2, 0) is 12.8 Å². The van der Waals surface area contributed by atoms with Gasteiger partial charge in [0.15, 0.2) is 0 Å². The highest BCUT2D eigenvalue weighted by Crippen LogP contribution is 2.13. The van der Waals surface area contributed by atoms with Crippen molar-refractivity contribution in [2.45, 2.75) is 12.8 Å². The molecule has 1 aromatic carbocycles. The molecule has 2 aromatic heterocycles. The molecule has 0 unspecified atom stereocenters. The molecule has 0 amide bonds. The summed E-state index contributed by atoms with van der Waals surface area (Å²) in [7, 11) is 0. The molecule has 88 valence electrons. The van der Waals surface area contributed by atoms with Crippen LogP contribution < -0.4 is 0 Å². The van der Waals surface area contributed by atoms with Crippen molar-refractivity contribution < 1.29 is 0 Å². The van der Waals surface area contributed by atoms with Gasteiger partial charge in [0, 0.05) is 23.5 Å². The summed E-state index contributed by atoms with van der Waals surface area (Å²) in [6, 6.07) is 16.5. The molecule has 18 heavy (non-hydrogen) atoms. The average Bonchev–Trinajstić information content (AvgIpc) is 2.46. The summed E-state index contributed by atoms with van der Waals surface area (Å²) in [6.45, 7) is 0. The molecule has 3 aromatic rings. The van der Waals surface area contributed by atoms with Gasteiger partial charge in [0.2, 0.25) is 0 Å². The highest BCUT2D eigenvalue weighted by atomic mass is 14.7. The Morgan fingerprint density at radius 1 is 0.833 bits per heavy atom. The zero-order chi connectivity index (χ0) is 12.2. The molecule has 0 aliphatic carbocycles. The Kier molecular flexibility index (Phi) is 3.01. The Hall–Kier alpha value is -2.22. The molecule has 0 saturated heterocycles. The largest absolute Gasteiger partial charge is 0.264 e. The van der Waals surface area contributed by atoms with E-state index in [-0.39, 0.29) is 0 Å². The fraction of sp³-hybridized carbons (Fsp3) is 0.125. The van der Waals surface area contributed by atoms with E-state index in [1.165, 1.54) is 10.9 Å². The van der Waals surface area contributed by atoms with Crippen LogP contribution in [0.5, 0.6) is 0 Å². The van der Waals surface area contributed by atoms with Crippen LogP contribution >= 0.6 is 0 Å². The van der Waals surface area contributed by atoms with Gasteiger partial charge in [-0.3, -0.25) is 9.97 Å². The smallest absolute Gasteiger partial charge is 0.0705 e. The monoisotopic (exact) mass is 234 g/mol. The van der Waals surface area contributed by atoms with E-state index < -0.39 is 0 Å². The predicted molar refractivity (Wildman–Crippen MR) is 73.4 cm³/mol. The van der Waals surface area contributed by atoms with Gasteiger partial charge in [0.05, 0.1) is 5.52 Å². The first-order valence-corrected chi connectivity index (χ1v) is 6.15. The standard InChI is InChI=1S/C16H14N2/c1-2-6-16-14(5-1)8-10-15(18-16)9-7-13-4-3-11-17-12-13/h1-6,8,10-12H,7,9H2. The number of pyridine rings is 2. The topological polar surface area (TPSA) is 25.8 Å². The van der Waals surface area contributed by atoms with Gasteiger partial charge in [-0.25, -0.2) is 0 Å². The van der Waals surface area contributed by atoms with E-state index in [0.29, 0.717) is 0 Å². The third-order valence-corrected chi connectivity index (χ3v) is 3.05. The maximum Gasteiger partial charge on any atom is 0.0705 e. The molecule has 0 atom stereocenters. The van der Waals surface area contributed by atoms with Crippen LogP contribution in [0.15, 0.2) is 60.9 Å². The van der Waals surface area contributed by atoms with E-state index in [1.54, 1.807) is 6.20 Å². The van der Waals surface area contributed by atoms with Crippen molar-refractivity contribution in [3.8, 4) is 0 Å². The van der Waals surface area contributed by atoms with E-state index in [4.69, 9.17) is 0 Å². The number of hydrogen-bond acceptors (Lipinski definition) is 2. The first kappa shape index (κ1) is 10.9. The number of hydrogen-bond donors (Lipinski definition) is 0. The fourth-order valence-electron chi connectivity index (χ4n) is 2.07. The molecule has 0 radical (unpaired) electrons. The predicted octanol–water partition coefficient (Wildman–Crippen LogP) is 3.42. The first-order chi connectivity index (χ1) is 8.92. The highest BCUT2D eigenvalue weighted by molar-refractivity contribution is 5.78. The summed E-state index contributed by atoms with van der Waals surface area (Å²) in [4.78, 5) is 8.80. The molecule has 3 rings (SSSR count). The van der Waals surface area contributed by atoms with E-state index in [1.807, 2.05) is 24.4 Å². The number of para-hydroxylation sites is 1. The molecule has 2 nitrogen and oxygen atoms in total. The Bertz CT molecular complexity index is 647. The molecule has 0 N–H and O–H groups in total. The fourth-order valence-corrected chi connectivity index (χ4v) is 2.07. The number of fused-ring (bicyclic) bond motifs is 1. The maximum atomic E-state index is 4.67. The minimum absolute atomic E-state index is 0.955. The lowest BCUT2D eigenvalue weighted by molar-refractivity contribution is 0.915. The quantitative estimate of drug-likeness (QED) is 0.694. The molecule has 0 fully saturated rings. The second-order valence-electron chi connectivity index (χ2n) is 4.36. The molecular formula is C16H14N2. The second-order valence-corrected chi connectivity index (χ2v) is 4.36. The number of rotatable bonds is 3. The van der Waals surface area contributed by atoms with Crippen LogP contribution in [0, 0.1) is 0 Å². The third-order valence-electron chi connectivity index (χ3n) is 3.05. The molecule has 0 saturated carbocycles. The Morgan fingerprint density at radius 3 is 2.67 bits per heavy atom. The van der Waals surface area contributed by atoms with Crippen molar-refractivity contribution in [2.24, 2.45) is 0 Å². The minimum atomic E-state index is 0.955. The summed E-state index contributed by atoms with van der Waals surface area (Å²) in [5, 5.41) is 1.20. The molecule has 0 spiro atoms. The van der Waals surface area contributed by atoms with Crippen LogP contribution in [0.2, 0.25) is 0 Å². The second kappa shape index (κ2) is 4.96. The minimum Gasteiger partial charge on any atom is -0.264 e. The summed E-state index contributed by atoms with van der Waals surface area (Å²) in [5.41, 5.74) is 3.46. The zero-order valence-electron chi connectivity index (χ0n) is 10.1. The van der Waals surface area contributed by atoms with Gasteiger partial charge >= 0.3 is 0 Å². The van der Waals surface area contributed by atoms with Crippen LogP contribution in [-0.4, -0.2) is 9.97 Å². The number of aromatic nitrogens is 2. The maximum absolute atomic E-state index is 4.67. The zero-order valence-corrected chi connectivity index (χ0v) is 10.1. The molecule has 2 heterocycles. The summed E-state index contributed by atoms with van der Waals surface area (Å²) in [5.74, 6) is 0. The van der Waals surface area contributed by atoms with Crippen molar-refractivity contribution in [3.05, 3.63) is 72.2 Å². The number of nitrogens with zero attached hydrogens (tertiary/aromatic N) is 2. The number of benzene rings is 1. The lowest BCUT2D eigenvalue weighted by atomic mass is 10.1. The lowest BCUT2D eigenvalue weighted by Crippen LogP contribution is -1.95. The molecule has 0 bridgehead atoms. The van der Waals surface area contributed by atoms with Gasteiger partial charge < -0.3 is 0 Å². The third kappa shape index (κ3) is 2.38. The van der Waals surface area contributed by atoms with E-state index in [9.17, 15) is 0 Å². The van der Waals surface area contributed by atoms with E-state index >= 15 is 0 Å². The van der Waals surface area contributed by atoms with Gasteiger partial charge in [0.25, 0.3) is 0 Å². The molecule has 0 aliphatic rings. The van der Waals surface area contributed by atoms with Crippen molar-refractivity contribution >= 4 is 10.9 Å². The van der Waals surface area contributed by atoms with Crippen molar-refractivity contribution in [2.75, 3.05) is 0 Å². The van der Waals surface area contributed by atoms with Crippen LogP contribution in [0.1, 0.15) is 11.3 Å². The highest BCUT2D eigenvalue weighted by Gasteiger charge is 1.99. The summed E-state index contributed by atoms with van der Waals surface area (Å²) >= 11 is 0. The first-order valence-electron chi connectivity index (χ1n) is 6.15. The summed E-state index contributed by atoms with van der Waals surface area (Å²) in [6.07, 6.45) is 5.66. The Morgan fingerprint density at radius 2 is 1.78 bits per heavy atom. The molecule has 0 aliphatic heterocycles. The van der Waals surface area contributed by atoms with Crippen molar-refractivity contribution in [3.63, 3.8) is 0 Å².